The van der Waals surface area contributed by atoms with Crippen LogP contribution in [0, 0.1) is 13.8 Å². The minimum atomic E-state index is 0.283. The van der Waals surface area contributed by atoms with Crippen LogP contribution in [0.25, 0.3) is 0 Å². The fraction of sp³-hybridized carbons (Fsp3) is 0.500. The predicted molar refractivity (Wildman–Crippen MR) is 72.5 cm³/mol. The first-order chi connectivity index (χ1) is 8.16. The molecule has 0 aromatic heterocycles. The Balaban J connectivity index is 1.88. The molecule has 0 N–H and O–H groups in total. The van der Waals surface area contributed by atoms with Crippen molar-refractivity contribution in [2.24, 2.45) is 0 Å². The molecule has 1 aromatic carbocycles. The van der Waals surface area contributed by atoms with Crippen LogP contribution in [0.4, 0.5) is 0 Å². The van der Waals surface area contributed by atoms with Gasteiger partial charge in [0.1, 0.15) is 0 Å². The van der Waals surface area contributed by atoms with Crippen molar-refractivity contribution < 1.29 is 4.79 Å². The summed E-state index contributed by atoms with van der Waals surface area (Å²) in [5, 5.41) is 0. The Bertz CT molecular complexity index is 411. The van der Waals surface area contributed by atoms with Gasteiger partial charge in [-0.25, -0.2) is 0 Å². The molecule has 3 heteroatoms. The van der Waals surface area contributed by atoms with Gasteiger partial charge in [-0.15, -0.1) is 11.8 Å². The molecule has 17 heavy (non-hydrogen) atoms. The topological polar surface area (TPSA) is 20.3 Å². The molecule has 1 fully saturated rings. The molecule has 2 rings (SSSR count). The maximum atomic E-state index is 11.9. The Hall–Kier alpha value is -0.960. The Labute approximate surface area is 107 Å². The van der Waals surface area contributed by atoms with Crippen molar-refractivity contribution in [2.45, 2.75) is 31.6 Å². The van der Waals surface area contributed by atoms with Gasteiger partial charge in [0, 0.05) is 18.0 Å². The first-order valence-corrected chi connectivity index (χ1v) is 7.13. The second kappa shape index (κ2) is 5.58. The zero-order valence-electron chi connectivity index (χ0n) is 10.5. The largest absolute Gasteiger partial charge is 0.342 e. The van der Waals surface area contributed by atoms with Crippen LogP contribution in [0.2, 0.25) is 0 Å². The van der Waals surface area contributed by atoms with Gasteiger partial charge in [0.25, 0.3) is 0 Å². The molecule has 92 valence electrons. The van der Waals surface area contributed by atoms with E-state index < -0.39 is 0 Å². The average Bonchev–Trinajstić information content (AvgIpc) is 2.84. The van der Waals surface area contributed by atoms with E-state index in [2.05, 4.69) is 32.0 Å². The van der Waals surface area contributed by atoms with Crippen LogP contribution < -0.4 is 0 Å². The number of aryl methyl sites for hydroxylation is 2. The fourth-order valence-corrected chi connectivity index (χ4v) is 2.90. The van der Waals surface area contributed by atoms with E-state index in [1.165, 1.54) is 28.9 Å². The van der Waals surface area contributed by atoms with E-state index in [1.807, 2.05) is 4.90 Å². The lowest BCUT2D eigenvalue weighted by molar-refractivity contribution is -0.127. The fourth-order valence-electron chi connectivity index (χ4n) is 2.01. The highest BCUT2D eigenvalue weighted by atomic mass is 32.2. The number of rotatable bonds is 3. The van der Waals surface area contributed by atoms with Crippen molar-refractivity contribution in [3.8, 4) is 0 Å². The number of nitrogens with zero attached hydrogens (tertiary/aromatic N) is 1. The maximum absolute atomic E-state index is 11.9. The number of amides is 1. The highest BCUT2D eigenvalue weighted by molar-refractivity contribution is 8.00. The summed E-state index contributed by atoms with van der Waals surface area (Å²) in [7, 11) is 0. The molecule has 1 aliphatic rings. The highest BCUT2D eigenvalue weighted by Crippen LogP contribution is 2.22. The van der Waals surface area contributed by atoms with E-state index in [9.17, 15) is 4.79 Å². The highest BCUT2D eigenvalue weighted by Gasteiger charge is 2.17. The Kier molecular flexibility index (Phi) is 4.11. The molecule has 0 spiro atoms. The van der Waals surface area contributed by atoms with Gasteiger partial charge < -0.3 is 4.90 Å². The lowest BCUT2D eigenvalue weighted by Gasteiger charge is -2.14. The van der Waals surface area contributed by atoms with E-state index in [4.69, 9.17) is 0 Å². The van der Waals surface area contributed by atoms with Crippen molar-refractivity contribution in [1.82, 2.24) is 4.90 Å². The van der Waals surface area contributed by atoms with Crippen molar-refractivity contribution in [3.05, 3.63) is 29.3 Å². The standard InChI is InChI=1S/C14H19NOS/c1-11-5-6-13(9-12(11)2)17-10-14(16)15-7-3-4-8-15/h5-6,9H,3-4,7-8,10H2,1-2H3. The van der Waals surface area contributed by atoms with Crippen LogP contribution in [-0.4, -0.2) is 29.6 Å². The van der Waals surface area contributed by atoms with Gasteiger partial charge in [0.2, 0.25) is 5.91 Å². The van der Waals surface area contributed by atoms with E-state index >= 15 is 0 Å². The maximum Gasteiger partial charge on any atom is 0.232 e. The summed E-state index contributed by atoms with van der Waals surface area (Å²) in [5.74, 6) is 0.855. The first-order valence-electron chi connectivity index (χ1n) is 6.14. The lowest BCUT2D eigenvalue weighted by atomic mass is 10.1. The second-order valence-electron chi connectivity index (χ2n) is 4.62. The second-order valence-corrected chi connectivity index (χ2v) is 5.67. The molecule has 0 unspecified atom stereocenters. The Morgan fingerprint density at radius 2 is 1.94 bits per heavy atom. The number of carbonyl (C=O) groups is 1. The molecule has 0 bridgehead atoms. The zero-order valence-corrected chi connectivity index (χ0v) is 11.3. The van der Waals surface area contributed by atoms with Crippen molar-refractivity contribution in [3.63, 3.8) is 0 Å². The summed E-state index contributed by atoms with van der Waals surface area (Å²) >= 11 is 1.65. The van der Waals surface area contributed by atoms with Gasteiger partial charge in [0.15, 0.2) is 0 Å². The van der Waals surface area contributed by atoms with Crippen molar-refractivity contribution >= 4 is 17.7 Å². The third-order valence-corrected chi connectivity index (χ3v) is 4.28. The minimum absolute atomic E-state index is 0.283. The summed E-state index contributed by atoms with van der Waals surface area (Å²) in [6, 6.07) is 6.39. The van der Waals surface area contributed by atoms with Gasteiger partial charge in [-0.05, 0) is 49.9 Å². The van der Waals surface area contributed by atoms with Crippen molar-refractivity contribution in [1.29, 1.82) is 0 Å². The van der Waals surface area contributed by atoms with E-state index in [-0.39, 0.29) is 5.91 Å². The van der Waals surface area contributed by atoms with Crippen LogP contribution in [0.3, 0.4) is 0 Å². The molecule has 1 heterocycles. The monoisotopic (exact) mass is 249 g/mol. The molecule has 0 saturated carbocycles. The molecule has 0 atom stereocenters. The predicted octanol–water partition coefficient (Wildman–Crippen LogP) is 3.02. The molecule has 1 aliphatic heterocycles. The van der Waals surface area contributed by atoms with Crippen LogP contribution in [0.5, 0.6) is 0 Å². The average molecular weight is 249 g/mol. The minimum Gasteiger partial charge on any atom is -0.342 e. The molecule has 0 radical (unpaired) electrons. The van der Waals surface area contributed by atoms with Crippen LogP contribution >= 0.6 is 11.8 Å². The summed E-state index contributed by atoms with van der Waals surface area (Å²) in [4.78, 5) is 15.1. The quantitative estimate of drug-likeness (QED) is 0.767. The zero-order chi connectivity index (χ0) is 12.3. The Morgan fingerprint density at radius 1 is 1.24 bits per heavy atom. The number of carbonyl (C=O) groups excluding carboxylic acids is 1. The summed E-state index contributed by atoms with van der Waals surface area (Å²) < 4.78 is 0. The summed E-state index contributed by atoms with van der Waals surface area (Å²) in [5.41, 5.74) is 2.60. The van der Waals surface area contributed by atoms with Crippen LogP contribution in [0.1, 0.15) is 24.0 Å². The number of thioether (sulfide) groups is 1. The third-order valence-electron chi connectivity index (χ3n) is 3.30. The van der Waals surface area contributed by atoms with Gasteiger partial charge in [-0.1, -0.05) is 6.07 Å². The molecule has 2 nitrogen and oxygen atoms in total. The smallest absolute Gasteiger partial charge is 0.232 e. The van der Waals surface area contributed by atoms with E-state index in [0.717, 1.165) is 13.1 Å². The van der Waals surface area contributed by atoms with E-state index in [1.54, 1.807) is 11.8 Å². The molecule has 0 aliphatic carbocycles. The molecule has 1 saturated heterocycles. The van der Waals surface area contributed by atoms with Gasteiger partial charge >= 0.3 is 0 Å². The number of hydrogen-bond acceptors (Lipinski definition) is 2. The normalized spacial score (nSPS) is 15.3. The molecule has 1 aromatic rings. The summed E-state index contributed by atoms with van der Waals surface area (Å²) in [6.45, 7) is 6.12. The van der Waals surface area contributed by atoms with E-state index in [0.29, 0.717) is 5.75 Å². The van der Waals surface area contributed by atoms with Gasteiger partial charge in [-0.3, -0.25) is 4.79 Å². The Morgan fingerprint density at radius 3 is 2.59 bits per heavy atom. The van der Waals surface area contributed by atoms with Crippen LogP contribution in [-0.2, 0) is 4.79 Å². The van der Waals surface area contributed by atoms with Crippen molar-refractivity contribution in [2.75, 3.05) is 18.8 Å². The number of likely N-dealkylation sites (tertiary alicyclic amines) is 1. The van der Waals surface area contributed by atoms with Crippen LogP contribution in [0.15, 0.2) is 23.1 Å². The molecule has 1 amide bonds. The van der Waals surface area contributed by atoms with Gasteiger partial charge in [-0.2, -0.15) is 0 Å². The lowest BCUT2D eigenvalue weighted by Crippen LogP contribution is -2.29. The third kappa shape index (κ3) is 3.25. The first kappa shape index (κ1) is 12.5. The number of benzene rings is 1. The molecular weight excluding hydrogens is 230 g/mol. The SMILES string of the molecule is Cc1ccc(SCC(=O)N2CCCC2)cc1C. The van der Waals surface area contributed by atoms with Gasteiger partial charge in [0.05, 0.1) is 5.75 Å². The number of hydrogen-bond donors (Lipinski definition) is 0. The molecular formula is C14H19NOS. The summed E-state index contributed by atoms with van der Waals surface area (Å²) in [6.07, 6.45) is 2.33.